The third-order valence-electron chi connectivity index (χ3n) is 1.78. The molecule has 5 nitrogen and oxygen atoms in total. The van der Waals surface area contributed by atoms with Gasteiger partial charge in [-0.2, -0.15) is 0 Å². The molecule has 0 amide bonds. The molecule has 0 saturated carbocycles. The molecular formula is C9H6N2O3. The third-order valence-corrected chi connectivity index (χ3v) is 1.78. The molecule has 0 atom stereocenters. The zero-order valence-corrected chi connectivity index (χ0v) is 7.08. The number of carbonyl (C=O) groups is 1. The average Bonchev–Trinajstić information content (AvgIpc) is 2.61. The Morgan fingerprint density at radius 1 is 1.36 bits per heavy atom. The fraction of sp³-hybridized carbons (Fsp3) is 0. The van der Waals surface area contributed by atoms with Gasteiger partial charge in [0.05, 0.1) is 10.8 Å². The van der Waals surface area contributed by atoms with Gasteiger partial charge in [-0.15, -0.1) is 0 Å². The molecule has 1 aromatic carbocycles. The van der Waals surface area contributed by atoms with E-state index in [-0.39, 0.29) is 5.69 Å². The Morgan fingerprint density at radius 2 is 2.07 bits per heavy atom. The zero-order chi connectivity index (χ0) is 9.97. The number of aromatic nitrogens is 2. The second kappa shape index (κ2) is 3.29. The van der Waals surface area contributed by atoms with Crippen LogP contribution in [0.5, 0.6) is 5.95 Å². The molecule has 0 unspecified atom stereocenters. The van der Waals surface area contributed by atoms with E-state index in [1.165, 1.54) is 0 Å². The molecule has 70 valence electrons. The highest BCUT2D eigenvalue weighted by Crippen LogP contribution is 2.21. The first-order valence-electron chi connectivity index (χ1n) is 3.92. The standard InChI is InChI=1S/C9H6N2O3/c12-6-11-8(9(13)14-10-11)7-4-2-1-3-5-7/h1-6H. The third kappa shape index (κ3) is 1.24. The number of hydrogen-bond donors (Lipinski definition) is 0. The Bertz CT molecular complexity index is 450. The van der Waals surface area contributed by atoms with Crippen LogP contribution in [0.1, 0.15) is 0 Å². The van der Waals surface area contributed by atoms with Gasteiger partial charge in [-0.05, 0) is 12.1 Å². The van der Waals surface area contributed by atoms with Crippen LogP contribution >= 0.6 is 0 Å². The van der Waals surface area contributed by atoms with Crippen molar-refractivity contribution in [1.29, 1.82) is 0 Å². The number of benzene rings is 1. The molecule has 0 aliphatic rings. The van der Waals surface area contributed by atoms with Gasteiger partial charge < -0.3 is 9.63 Å². The lowest BCUT2D eigenvalue weighted by atomic mass is 10.2. The molecule has 0 saturated heterocycles. The first-order chi connectivity index (χ1) is 6.83. The van der Waals surface area contributed by atoms with Crippen LogP contribution in [0.3, 0.4) is 0 Å². The van der Waals surface area contributed by atoms with Crippen molar-refractivity contribution in [2.45, 2.75) is 0 Å². The van der Waals surface area contributed by atoms with Gasteiger partial charge in [-0.1, -0.05) is 18.2 Å². The molecule has 0 N–H and O–H groups in total. The Morgan fingerprint density at radius 3 is 2.71 bits per heavy atom. The zero-order valence-electron chi connectivity index (χ0n) is 7.08. The minimum absolute atomic E-state index is 0.139. The van der Waals surface area contributed by atoms with Gasteiger partial charge in [-0.3, -0.25) is 0 Å². The van der Waals surface area contributed by atoms with Crippen molar-refractivity contribution in [1.82, 2.24) is 5.27 Å². The van der Waals surface area contributed by atoms with Crippen molar-refractivity contribution in [3.63, 3.8) is 0 Å². The van der Waals surface area contributed by atoms with Crippen molar-refractivity contribution < 1.29 is 19.1 Å². The molecular weight excluding hydrogens is 184 g/mol. The van der Waals surface area contributed by atoms with Crippen molar-refractivity contribution in [3.05, 3.63) is 30.3 Å². The lowest BCUT2D eigenvalue weighted by molar-refractivity contribution is -0.620. The quantitative estimate of drug-likeness (QED) is 0.483. The molecule has 0 bridgehead atoms. The van der Waals surface area contributed by atoms with Gasteiger partial charge >= 0.3 is 6.41 Å². The van der Waals surface area contributed by atoms with E-state index >= 15 is 0 Å². The van der Waals surface area contributed by atoms with Crippen molar-refractivity contribution in [2.75, 3.05) is 0 Å². The van der Waals surface area contributed by atoms with Crippen LogP contribution < -0.4 is 9.79 Å². The Balaban J connectivity index is 2.61. The second-order valence-electron chi connectivity index (χ2n) is 2.63. The fourth-order valence-corrected chi connectivity index (χ4v) is 1.18. The highest BCUT2D eigenvalue weighted by molar-refractivity contribution is 5.61. The topological polar surface area (TPSA) is 70.0 Å². The molecule has 0 radical (unpaired) electrons. The van der Waals surface area contributed by atoms with Crippen LogP contribution in [-0.4, -0.2) is 11.7 Å². The Hall–Kier alpha value is -2.17. The van der Waals surface area contributed by atoms with Gasteiger partial charge in [0.1, 0.15) is 0 Å². The van der Waals surface area contributed by atoms with Crippen molar-refractivity contribution >= 4 is 6.41 Å². The summed E-state index contributed by atoms with van der Waals surface area (Å²) < 4.78 is 5.24. The largest absolute Gasteiger partial charge is 0.539 e. The minimum Gasteiger partial charge on any atom is -0.539 e. The van der Waals surface area contributed by atoms with Crippen LogP contribution in [0, 0.1) is 0 Å². The summed E-state index contributed by atoms with van der Waals surface area (Å²) in [6.45, 7) is 0. The SMILES string of the molecule is O=C[n+]1noc([O-])c1-c1ccccc1. The maximum Gasteiger partial charge on any atom is 0.406 e. The first-order valence-corrected chi connectivity index (χ1v) is 3.92. The van der Waals surface area contributed by atoms with E-state index in [2.05, 4.69) is 9.79 Å². The van der Waals surface area contributed by atoms with Crippen LogP contribution in [0.25, 0.3) is 11.3 Å². The maximum atomic E-state index is 11.2. The predicted octanol–water partition coefficient (Wildman–Crippen LogP) is -0.259. The summed E-state index contributed by atoms with van der Waals surface area (Å²) in [5, 5.41) is 14.5. The summed E-state index contributed by atoms with van der Waals surface area (Å²) in [7, 11) is 0. The van der Waals surface area contributed by atoms with Gasteiger partial charge in [-0.25, -0.2) is 4.79 Å². The fourth-order valence-electron chi connectivity index (χ4n) is 1.18. The van der Waals surface area contributed by atoms with E-state index in [1.807, 2.05) is 6.07 Å². The number of rotatable bonds is 2. The highest BCUT2D eigenvalue weighted by Gasteiger charge is 2.18. The van der Waals surface area contributed by atoms with Crippen LogP contribution in [0.2, 0.25) is 0 Å². The van der Waals surface area contributed by atoms with Crippen molar-refractivity contribution in [2.24, 2.45) is 0 Å². The van der Waals surface area contributed by atoms with Crippen molar-refractivity contribution in [3.8, 4) is 17.2 Å². The summed E-state index contributed by atoms with van der Waals surface area (Å²) in [6.07, 6.45) is 0.424. The second-order valence-corrected chi connectivity index (χ2v) is 2.63. The van der Waals surface area contributed by atoms with E-state index in [0.717, 1.165) is 4.68 Å². The van der Waals surface area contributed by atoms with E-state index in [9.17, 15) is 9.90 Å². The number of hydrogen-bond acceptors (Lipinski definition) is 4. The molecule has 5 heteroatoms. The molecule has 0 fully saturated rings. The predicted molar refractivity (Wildman–Crippen MR) is 43.7 cm³/mol. The van der Waals surface area contributed by atoms with Crippen LogP contribution in [-0.2, 0) is 4.79 Å². The highest BCUT2D eigenvalue weighted by atomic mass is 16.6. The van der Waals surface area contributed by atoms with Crippen LogP contribution in [0.15, 0.2) is 34.9 Å². The average molecular weight is 190 g/mol. The summed E-state index contributed by atoms with van der Waals surface area (Å²) >= 11 is 0. The Kier molecular flexibility index (Phi) is 1.98. The van der Waals surface area contributed by atoms with E-state index in [0.29, 0.717) is 12.0 Å². The molecule has 0 aliphatic carbocycles. The molecule has 14 heavy (non-hydrogen) atoms. The lowest BCUT2D eigenvalue weighted by Crippen LogP contribution is -2.37. The van der Waals surface area contributed by atoms with E-state index in [4.69, 9.17) is 0 Å². The molecule has 0 spiro atoms. The normalized spacial score (nSPS) is 10.0. The van der Waals surface area contributed by atoms with Crippen LogP contribution in [0.4, 0.5) is 0 Å². The summed E-state index contributed by atoms with van der Waals surface area (Å²) in [5.41, 5.74) is 0.742. The number of carbonyl (C=O) groups excluding carboxylic acids is 1. The van der Waals surface area contributed by atoms with Gasteiger partial charge in [0.15, 0.2) is 5.95 Å². The van der Waals surface area contributed by atoms with E-state index < -0.39 is 5.95 Å². The lowest BCUT2D eigenvalue weighted by Gasteiger charge is -1.93. The molecule has 2 rings (SSSR count). The first kappa shape index (κ1) is 8.43. The molecule has 2 aromatic rings. The Labute approximate surface area is 79.2 Å². The summed E-state index contributed by atoms with van der Waals surface area (Å²) in [6, 6.07) is 8.74. The van der Waals surface area contributed by atoms with Gasteiger partial charge in [0, 0.05) is 4.68 Å². The monoisotopic (exact) mass is 190 g/mol. The van der Waals surface area contributed by atoms with E-state index in [1.54, 1.807) is 24.3 Å². The van der Waals surface area contributed by atoms with Gasteiger partial charge in [0.2, 0.25) is 0 Å². The minimum atomic E-state index is -0.622. The smallest absolute Gasteiger partial charge is 0.406 e. The molecule has 1 heterocycles. The number of nitrogens with zero attached hydrogens (tertiary/aromatic N) is 2. The van der Waals surface area contributed by atoms with Gasteiger partial charge in [0.25, 0.3) is 5.69 Å². The summed E-state index contributed by atoms with van der Waals surface area (Å²) in [5.74, 6) is -0.622. The summed E-state index contributed by atoms with van der Waals surface area (Å²) in [4.78, 5) is 10.5. The molecule has 0 aliphatic heterocycles. The molecule has 1 aromatic heterocycles. The maximum absolute atomic E-state index is 11.2.